The third-order valence-electron chi connectivity index (χ3n) is 3.27. The smallest absolute Gasteiger partial charge is 0.251 e. The average Bonchev–Trinajstić information content (AvgIpc) is 2.54. The van der Waals surface area contributed by atoms with E-state index in [0.717, 1.165) is 22.2 Å². The van der Waals surface area contributed by atoms with Crippen LogP contribution in [0.5, 0.6) is 0 Å². The largest absolute Gasteiger partial charge is 0.355 e. The van der Waals surface area contributed by atoms with E-state index in [9.17, 15) is 4.79 Å². The van der Waals surface area contributed by atoms with E-state index in [0.29, 0.717) is 5.56 Å². The molecule has 1 amide bonds. The van der Waals surface area contributed by atoms with Gasteiger partial charge in [-0.25, -0.2) is 4.98 Å². The number of carbonyl (C=O) groups excluding carboxylic acids is 1. The quantitative estimate of drug-likeness (QED) is 0.770. The molecule has 3 nitrogen and oxygen atoms in total. The molecule has 0 fully saturated rings. The minimum absolute atomic E-state index is 0.0805. The molecular weight excluding hydrogens is 248 g/mol. The van der Waals surface area contributed by atoms with Crippen molar-refractivity contribution in [3.8, 4) is 11.3 Å². The second kappa shape index (κ2) is 5.13. The predicted octanol–water partition coefficient (Wildman–Crippen LogP) is 3.26. The van der Waals surface area contributed by atoms with Crippen molar-refractivity contribution >= 4 is 16.8 Å². The number of para-hydroxylation sites is 1. The molecule has 0 aliphatic heterocycles. The maximum atomic E-state index is 11.5. The lowest BCUT2D eigenvalue weighted by Crippen LogP contribution is -2.17. The van der Waals surface area contributed by atoms with Crippen LogP contribution >= 0.6 is 0 Å². The Labute approximate surface area is 117 Å². The van der Waals surface area contributed by atoms with E-state index >= 15 is 0 Å². The van der Waals surface area contributed by atoms with Gasteiger partial charge < -0.3 is 5.32 Å². The SMILES string of the molecule is CNC(=O)c1ccc(-c2ccc3ccccc3n2)cc1. The van der Waals surface area contributed by atoms with Crippen LogP contribution in [0.1, 0.15) is 10.4 Å². The fourth-order valence-electron chi connectivity index (χ4n) is 2.16. The highest BCUT2D eigenvalue weighted by Crippen LogP contribution is 2.21. The fraction of sp³-hybridized carbons (Fsp3) is 0.0588. The Bertz CT molecular complexity index is 763. The average molecular weight is 262 g/mol. The summed E-state index contributed by atoms with van der Waals surface area (Å²) in [5.41, 5.74) is 3.54. The zero-order valence-corrected chi connectivity index (χ0v) is 11.1. The summed E-state index contributed by atoms with van der Waals surface area (Å²) in [5, 5.41) is 3.73. The summed E-state index contributed by atoms with van der Waals surface area (Å²) in [6.07, 6.45) is 0. The summed E-state index contributed by atoms with van der Waals surface area (Å²) in [4.78, 5) is 16.1. The number of fused-ring (bicyclic) bond motifs is 1. The Morgan fingerprint density at radius 2 is 1.70 bits per heavy atom. The number of hydrogen-bond acceptors (Lipinski definition) is 2. The molecule has 20 heavy (non-hydrogen) atoms. The van der Waals surface area contributed by atoms with Crippen LogP contribution in [0, 0.1) is 0 Å². The van der Waals surface area contributed by atoms with Crippen molar-refractivity contribution in [1.82, 2.24) is 10.3 Å². The molecular formula is C17H14N2O. The van der Waals surface area contributed by atoms with Crippen molar-refractivity contribution in [2.75, 3.05) is 7.05 Å². The molecule has 98 valence electrons. The first-order chi connectivity index (χ1) is 9.78. The van der Waals surface area contributed by atoms with E-state index in [1.54, 1.807) is 7.05 Å². The lowest BCUT2D eigenvalue weighted by molar-refractivity contribution is 0.0963. The van der Waals surface area contributed by atoms with Crippen LogP contribution < -0.4 is 5.32 Å². The molecule has 0 saturated carbocycles. The topological polar surface area (TPSA) is 42.0 Å². The Morgan fingerprint density at radius 1 is 0.950 bits per heavy atom. The van der Waals surface area contributed by atoms with E-state index in [-0.39, 0.29) is 5.91 Å². The van der Waals surface area contributed by atoms with Crippen molar-refractivity contribution in [1.29, 1.82) is 0 Å². The zero-order chi connectivity index (χ0) is 13.9. The highest BCUT2D eigenvalue weighted by molar-refractivity contribution is 5.94. The van der Waals surface area contributed by atoms with Gasteiger partial charge in [0.05, 0.1) is 11.2 Å². The lowest BCUT2D eigenvalue weighted by atomic mass is 10.1. The van der Waals surface area contributed by atoms with Gasteiger partial charge in [0.25, 0.3) is 5.91 Å². The summed E-state index contributed by atoms with van der Waals surface area (Å²) in [5.74, 6) is -0.0805. The Balaban J connectivity index is 2.00. The second-order valence-electron chi connectivity index (χ2n) is 4.55. The number of rotatable bonds is 2. The zero-order valence-electron chi connectivity index (χ0n) is 11.1. The van der Waals surface area contributed by atoms with Gasteiger partial charge in [0.2, 0.25) is 0 Å². The van der Waals surface area contributed by atoms with Crippen LogP contribution in [0.25, 0.3) is 22.2 Å². The fourth-order valence-corrected chi connectivity index (χ4v) is 2.16. The molecule has 0 bridgehead atoms. The van der Waals surface area contributed by atoms with E-state index in [1.165, 1.54) is 0 Å². The maximum absolute atomic E-state index is 11.5. The molecule has 1 aromatic heterocycles. The van der Waals surface area contributed by atoms with Crippen LogP contribution in [0.3, 0.4) is 0 Å². The minimum Gasteiger partial charge on any atom is -0.355 e. The number of carbonyl (C=O) groups is 1. The van der Waals surface area contributed by atoms with Gasteiger partial charge in [-0.05, 0) is 24.3 Å². The van der Waals surface area contributed by atoms with Gasteiger partial charge in [-0.2, -0.15) is 0 Å². The van der Waals surface area contributed by atoms with Crippen LogP contribution in [0.2, 0.25) is 0 Å². The minimum atomic E-state index is -0.0805. The summed E-state index contributed by atoms with van der Waals surface area (Å²) < 4.78 is 0. The normalized spacial score (nSPS) is 10.4. The first-order valence-electron chi connectivity index (χ1n) is 6.46. The predicted molar refractivity (Wildman–Crippen MR) is 80.6 cm³/mol. The van der Waals surface area contributed by atoms with Gasteiger partial charge >= 0.3 is 0 Å². The number of nitrogens with one attached hydrogen (secondary N) is 1. The van der Waals surface area contributed by atoms with Gasteiger partial charge in [0.1, 0.15) is 0 Å². The highest BCUT2D eigenvalue weighted by Gasteiger charge is 2.05. The maximum Gasteiger partial charge on any atom is 0.251 e. The van der Waals surface area contributed by atoms with Crippen LogP contribution in [0.4, 0.5) is 0 Å². The summed E-state index contributed by atoms with van der Waals surface area (Å²) >= 11 is 0. The molecule has 3 rings (SSSR count). The van der Waals surface area contributed by atoms with Gasteiger partial charge in [-0.15, -0.1) is 0 Å². The standard InChI is InChI=1S/C17H14N2O/c1-18-17(20)14-8-6-13(7-9-14)16-11-10-12-4-2-3-5-15(12)19-16/h2-11H,1H3,(H,18,20). The van der Waals surface area contributed by atoms with Crippen LogP contribution in [-0.2, 0) is 0 Å². The number of nitrogens with zero attached hydrogens (tertiary/aromatic N) is 1. The highest BCUT2D eigenvalue weighted by atomic mass is 16.1. The van der Waals surface area contributed by atoms with Crippen molar-refractivity contribution in [2.45, 2.75) is 0 Å². The van der Waals surface area contributed by atoms with Gasteiger partial charge in [-0.3, -0.25) is 4.79 Å². The van der Waals surface area contributed by atoms with Crippen molar-refractivity contribution in [3.63, 3.8) is 0 Å². The number of amides is 1. The molecule has 0 unspecified atom stereocenters. The Kier molecular flexibility index (Phi) is 3.17. The lowest BCUT2D eigenvalue weighted by Gasteiger charge is -2.04. The third kappa shape index (κ3) is 2.26. The molecule has 0 saturated heterocycles. The number of benzene rings is 2. The van der Waals surface area contributed by atoms with Crippen molar-refractivity contribution < 1.29 is 4.79 Å². The molecule has 2 aromatic carbocycles. The molecule has 0 aliphatic carbocycles. The molecule has 1 heterocycles. The number of aromatic nitrogens is 1. The summed E-state index contributed by atoms with van der Waals surface area (Å²) in [6.45, 7) is 0. The summed E-state index contributed by atoms with van der Waals surface area (Å²) in [6, 6.07) is 19.5. The van der Waals surface area contributed by atoms with Gasteiger partial charge in [0.15, 0.2) is 0 Å². The second-order valence-corrected chi connectivity index (χ2v) is 4.55. The van der Waals surface area contributed by atoms with E-state index in [1.807, 2.05) is 54.6 Å². The monoisotopic (exact) mass is 262 g/mol. The van der Waals surface area contributed by atoms with E-state index in [2.05, 4.69) is 16.4 Å². The molecule has 3 aromatic rings. The number of hydrogen-bond donors (Lipinski definition) is 1. The van der Waals surface area contributed by atoms with Gasteiger partial charge in [0, 0.05) is 23.6 Å². The van der Waals surface area contributed by atoms with Crippen LogP contribution in [0.15, 0.2) is 60.7 Å². The molecule has 0 aliphatic rings. The van der Waals surface area contributed by atoms with Crippen molar-refractivity contribution in [2.24, 2.45) is 0 Å². The van der Waals surface area contributed by atoms with E-state index in [4.69, 9.17) is 0 Å². The van der Waals surface area contributed by atoms with Crippen molar-refractivity contribution in [3.05, 3.63) is 66.2 Å². The molecule has 0 atom stereocenters. The molecule has 0 radical (unpaired) electrons. The van der Waals surface area contributed by atoms with E-state index < -0.39 is 0 Å². The third-order valence-corrected chi connectivity index (χ3v) is 3.27. The Hall–Kier alpha value is -2.68. The first kappa shape index (κ1) is 12.4. The molecule has 0 spiro atoms. The van der Waals surface area contributed by atoms with Gasteiger partial charge in [-0.1, -0.05) is 36.4 Å². The number of pyridine rings is 1. The van der Waals surface area contributed by atoms with Crippen LogP contribution in [-0.4, -0.2) is 17.9 Å². The Morgan fingerprint density at radius 3 is 2.45 bits per heavy atom. The molecule has 3 heteroatoms. The molecule has 1 N–H and O–H groups in total. The first-order valence-corrected chi connectivity index (χ1v) is 6.46. The summed E-state index contributed by atoms with van der Waals surface area (Å²) in [7, 11) is 1.63.